The Morgan fingerprint density at radius 3 is 2.35 bits per heavy atom. The number of aliphatic carboxylic acids is 1. The van der Waals surface area contributed by atoms with Crippen molar-refractivity contribution in [2.75, 3.05) is 24.5 Å². The molecule has 2 fully saturated rings. The maximum atomic E-state index is 12.7. The molecule has 3 rings (SSSR count). The Morgan fingerprint density at radius 2 is 1.81 bits per heavy atom. The molecule has 2 amide bonds. The maximum Gasteiger partial charge on any atom is 0.335 e. The Hall–Kier alpha value is -2.41. The number of benzene rings is 1. The van der Waals surface area contributed by atoms with Gasteiger partial charge in [-0.25, -0.2) is 4.79 Å². The van der Waals surface area contributed by atoms with Crippen LogP contribution < -0.4 is 4.90 Å². The Balaban J connectivity index is 1.63. The van der Waals surface area contributed by atoms with Gasteiger partial charge in [-0.3, -0.25) is 9.59 Å². The standard InChI is InChI=1S/C19H24N2O5/c1-2-13-3-5-15(6-4-13)21-12-14(11-16(21)22)17(23)20-9-7-19(26,8-10-20)18(24)25/h3-6,14,26H,2,7-12H2,1H3,(H,24,25). The van der Waals surface area contributed by atoms with Gasteiger partial charge >= 0.3 is 5.97 Å². The molecule has 2 saturated heterocycles. The monoisotopic (exact) mass is 360 g/mol. The van der Waals surface area contributed by atoms with E-state index in [9.17, 15) is 19.5 Å². The van der Waals surface area contributed by atoms with Crippen LogP contribution in [0.4, 0.5) is 5.69 Å². The van der Waals surface area contributed by atoms with Crippen molar-refractivity contribution < 1.29 is 24.6 Å². The predicted octanol–water partition coefficient (Wildman–Crippen LogP) is 1.04. The molecule has 0 saturated carbocycles. The van der Waals surface area contributed by atoms with E-state index < -0.39 is 17.5 Å². The van der Waals surface area contributed by atoms with Gasteiger partial charge in [-0.2, -0.15) is 0 Å². The number of aryl methyl sites for hydroxylation is 1. The molecule has 0 aromatic heterocycles. The van der Waals surface area contributed by atoms with Crippen LogP contribution in [0.1, 0.15) is 31.7 Å². The van der Waals surface area contributed by atoms with Crippen LogP contribution in [-0.4, -0.2) is 58.1 Å². The van der Waals surface area contributed by atoms with Crippen LogP contribution in [0.2, 0.25) is 0 Å². The van der Waals surface area contributed by atoms with Gasteiger partial charge < -0.3 is 20.0 Å². The van der Waals surface area contributed by atoms with Crippen LogP contribution in [0.5, 0.6) is 0 Å². The van der Waals surface area contributed by atoms with Gasteiger partial charge in [-0.05, 0) is 24.1 Å². The molecular formula is C19H24N2O5. The molecule has 0 spiro atoms. The van der Waals surface area contributed by atoms with Gasteiger partial charge in [-0.1, -0.05) is 19.1 Å². The van der Waals surface area contributed by atoms with Gasteiger partial charge in [0.25, 0.3) is 0 Å². The van der Waals surface area contributed by atoms with E-state index in [4.69, 9.17) is 5.11 Å². The summed E-state index contributed by atoms with van der Waals surface area (Å²) in [5.41, 5.74) is 0.226. The number of rotatable bonds is 4. The first-order chi connectivity index (χ1) is 12.3. The average molecular weight is 360 g/mol. The number of anilines is 1. The molecule has 2 aliphatic rings. The molecule has 140 valence electrons. The number of carboxylic acid groups (broad SMARTS) is 1. The van der Waals surface area contributed by atoms with Gasteiger partial charge in [0, 0.05) is 44.6 Å². The average Bonchev–Trinajstić information content (AvgIpc) is 3.03. The number of carbonyl (C=O) groups is 3. The third kappa shape index (κ3) is 3.44. The number of nitrogens with zero attached hydrogens (tertiary/aromatic N) is 2. The molecule has 2 heterocycles. The summed E-state index contributed by atoms with van der Waals surface area (Å²) in [4.78, 5) is 39.4. The summed E-state index contributed by atoms with van der Waals surface area (Å²) in [7, 11) is 0. The van der Waals surface area contributed by atoms with Crippen LogP contribution in [0, 0.1) is 5.92 Å². The number of aliphatic hydroxyl groups is 1. The lowest BCUT2D eigenvalue weighted by Crippen LogP contribution is -2.52. The number of hydrogen-bond donors (Lipinski definition) is 2. The number of likely N-dealkylation sites (tertiary alicyclic amines) is 1. The summed E-state index contributed by atoms with van der Waals surface area (Å²) >= 11 is 0. The van der Waals surface area contributed by atoms with E-state index in [1.54, 1.807) is 9.80 Å². The molecule has 2 aliphatic heterocycles. The van der Waals surface area contributed by atoms with Crippen LogP contribution in [0.3, 0.4) is 0 Å². The molecule has 1 atom stereocenters. The lowest BCUT2D eigenvalue weighted by atomic mass is 9.91. The summed E-state index contributed by atoms with van der Waals surface area (Å²) in [6.07, 6.45) is 1.11. The third-order valence-corrected chi connectivity index (χ3v) is 5.43. The van der Waals surface area contributed by atoms with Crippen molar-refractivity contribution >= 4 is 23.5 Å². The van der Waals surface area contributed by atoms with Gasteiger partial charge in [0.2, 0.25) is 11.8 Å². The molecule has 7 heteroatoms. The first-order valence-electron chi connectivity index (χ1n) is 8.98. The van der Waals surface area contributed by atoms with E-state index in [1.807, 2.05) is 24.3 Å². The van der Waals surface area contributed by atoms with Gasteiger partial charge in [0.15, 0.2) is 5.60 Å². The van der Waals surface area contributed by atoms with Crippen molar-refractivity contribution in [2.45, 2.75) is 38.2 Å². The van der Waals surface area contributed by atoms with Gasteiger partial charge in [0.05, 0.1) is 5.92 Å². The summed E-state index contributed by atoms with van der Waals surface area (Å²) < 4.78 is 0. The molecule has 7 nitrogen and oxygen atoms in total. The predicted molar refractivity (Wildman–Crippen MR) is 94.7 cm³/mol. The molecule has 1 aromatic carbocycles. The zero-order chi connectivity index (χ0) is 18.9. The molecule has 1 aromatic rings. The highest BCUT2D eigenvalue weighted by Gasteiger charge is 2.43. The minimum atomic E-state index is -1.75. The summed E-state index contributed by atoms with van der Waals surface area (Å²) in [6.45, 7) is 2.78. The Labute approximate surface area is 152 Å². The van der Waals surface area contributed by atoms with E-state index in [0.717, 1.165) is 12.1 Å². The number of amides is 2. The van der Waals surface area contributed by atoms with E-state index in [2.05, 4.69) is 6.92 Å². The van der Waals surface area contributed by atoms with Crippen molar-refractivity contribution in [3.05, 3.63) is 29.8 Å². The van der Waals surface area contributed by atoms with Crippen LogP contribution in [0.25, 0.3) is 0 Å². The fourth-order valence-electron chi connectivity index (χ4n) is 3.60. The number of carbonyl (C=O) groups excluding carboxylic acids is 2. The molecule has 0 radical (unpaired) electrons. The smallest absolute Gasteiger partial charge is 0.335 e. The Kier molecular flexibility index (Phi) is 5.00. The second kappa shape index (κ2) is 7.07. The van der Waals surface area contributed by atoms with E-state index in [-0.39, 0.29) is 44.2 Å². The normalized spacial score (nSPS) is 22.5. The maximum absolute atomic E-state index is 12.7. The zero-order valence-corrected chi connectivity index (χ0v) is 14.9. The fraction of sp³-hybridized carbons (Fsp3) is 0.526. The SMILES string of the molecule is CCc1ccc(N2CC(C(=O)N3CCC(O)(C(=O)O)CC3)CC2=O)cc1. The van der Waals surface area contributed by atoms with Crippen LogP contribution in [0.15, 0.2) is 24.3 Å². The summed E-state index contributed by atoms with van der Waals surface area (Å²) in [5, 5.41) is 19.1. The second-order valence-corrected chi connectivity index (χ2v) is 7.09. The second-order valence-electron chi connectivity index (χ2n) is 7.09. The van der Waals surface area contributed by atoms with Crippen LogP contribution >= 0.6 is 0 Å². The third-order valence-electron chi connectivity index (χ3n) is 5.43. The van der Waals surface area contributed by atoms with Gasteiger partial charge in [0.1, 0.15) is 0 Å². The zero-order valence-electron chi connectivity index (χ0n) is 14.9. The Bertz CT molecular complexity index is 707. The lowest BCUT2D eigenvalue weighted by Gasteiger charge is -2.36. The highest BCUT2D eigenvalue weighted by atomic mass is 16.4. The minimum Gasteiger partial charge on any atom is -0.479 e. The lowest BCUT2D eigenvalue weighted by molar-refractivity contribution is -0.165. The first kappa shape index (κ1) is 18.4. The first-order valence-corrected chi connectivity index (χ1v) is 8.98. The van der Waals surface area contributed by atoms with E-state index >= 15 is 0 Å². The van der Waals surface area contributed by atoms with Crippen molar-refractivity contribution in [1.29, 1.82) is 0 Å². The summed E-state index contributed by atoms with van der Waals surface area (Å²) in [6, 6.07) is 7.76. The van der Waals surface area contributed by atoms with E-state index in [1.165, 1.54) is 5.56 Å². The van der Waals surface area contributed by atoms with Crippen molar-refractivity contribution in [1.82, 2.24) is 4.90 Å². The highest BCUT2D eigenvalue weighted by molar-refractivity contribution is 6.00. The number of carboxylic acids is 1. The topological polar surface area (TPSA) is 98.2 Å². The molecule has 0 bridgehead atoms. The van der Waals surface area contributed by atoms with Crippen molar-refractivity contribution in [2.24, 2.45) is 5.92 Å². The molecular weight excluding hydrogens is 336 g/mol. The van der Waals surface area contributed by atoms with Gasteiger partial charge in [-0.15, -0.1) is 0 Å². The number of hydrogen-bond acceptors (Lipinski definition) is 4. The molecule has 0 aliphatic carbocycles. The fourth-order valence-corrected chi connectivity index (χ4v) is 3.60. The highest BCUT2D eigenvalue weighted by Crippen LogP contribution is 2.29. The Morgan fingerprint density at radius 1 is 1.19 bits per heavy atom. The van der Waals surface area contributed by atoms with Crippen molar-refractivity contribution in [3.8, 4) is 0 Å². The van der Waals surface area contributed by atoms with Crippen molar-refractivity contribution in [3.63, 3.8) is 0 Å². The van der Waals surface area contributed by atoms with E-state index in [0.29, 0.717) is 6.54 Å². The summed E-state index contributed by atoms with van der Waals surface area (Å²) in [5.74, 6) is -1.89. The number of piperidine rings is 1. The molecule has 26 heavy (non-hydrogen) atoms. The molecule has 1 unspecified atom stereocenters. The van der Waals surface area contributed by atoms with Crippen LogP contribution in [-0.2, 0) is 20.8 Å². The minimum absolute atomic E-state index is 0.0108. The largest absolute Gasteiger partial charge is 0.479 e. The molecule has 2 N–H and O–H groups in total. The quantitative estimate of drug-likeness (QED) is 0.836.